The van der Waals surface area contributed by atoms with E-state index < -0.39 is 0 Å². The third-order valence-corrected chi connectivity index (χ3v) is 5.23. The van der Waals surface area contributed by atoms with Gasteiger partial charge in [0.2, 0.25) is 0 Å². The number of imidazole rings is 1. The summed E-state index contributed by atoms with van der Waals surface area (Å²) in [6.07, 6.45) is 10.8. The number of carbonyl (C=O) groups is 1. The number of carbonyl (C=O) groups excluding carboxylic acids is 1. The normalized spacial score (nSPS) is 24.6. The van der Waals surface area contributed by atoms with Gasteiger partial charge in [-0.3, -0.25) is 4.79 Å². The van der Waals surface area contributed by atoms with Crippen LogP contribution in [0.15, 0.2) is 12.4 Å². The van der Waals surface area contributed by atoms with E-state index in [2.05, 4.69) is 10.3 Å². The number of aryl methyl sites for hydroxylation is 1. The molecule has 0 bridgehead atoms. The summed E-state index contributed by atoms with van der Waals surface area (Å²) in [5, 5.41) is 3.38. The molecule has 1 amide bonds. The molecular weight excluding hydrogens is 304 g/mol. The molecule has 2 heterocycles. The molecule has 1 saturated heterocycles. The second-order valence-electron chi connectivity index (χ2n) is 7.04. The van der Waals surface area contributed by atoms with Crippen LogP contribution in [-0.4, -0.2) is 52.2 Å². The van der Waals surface area contributed by atoms with Gasteiger partial charge in [0, 0.05) is 39.1 Å². The molecule has 1 aromatic heterocycles. The van der Waals surface area contributed by atoms with E-state index in [0.717, 1.165) is 31.8 Å². The molecule has 134 valence electrons. The molecule has 6 heteroatoms. The fraction of sp³-hybridized carbons (Fsp3) is 0.778. The Labute approximate surface area is 144 Å². The van der Waals surface area contributed by atoms with Crippen LogP contribution in [0.2, 0.25) is 0 Å². The zero-order valence-electron chi connectivity index (χ0n) is 14.9. The smallest absolute Gasteiger partial charge is 0.252 e. The van der Waals surface area contributed by atoms with Gasteiger partial charge >= 0.3 is 0 Å². The lowest BCUT2D eigenvalue weighted by molar-refractivity contribution is -0.150. The SMILES string of the molecule is CC(OC1CCCCCC1)C(=O)N1CCNCC1c1nccn1C. The van der Waals surface area contributed by atoms with Gasteiger partial charge in [0.05, 0.1) is 6.10 Å². The number of hydrogen-bond donors (Lipinski definition) is 1. The second-order valence-corrected chi connectivity index (χ2v) is 7.04. The van der Waals surface area contributed by atoms with Gasteiger partial charge in [0.1, 0.15) is 18.0 Å². The third kappa shape index (κ3) is 3.98. The number of piperazine rings is 1. The first-order valence-corrected chi connectivity index (χ1v) is 9.30. The summed E-state index contributed by atoms with van der Waals surface area (Å²) in [7, 11) is 1.98. The van der Waals surface area contributed by atoms with E-state index in [1.165, 1.54) is 25.7 Å². The lowest BCUT2D eigenvalue weighted by Crippen LogP contribution is -2.52. The first kappa shape index (κ1) is 17.4. The van der Waals surface area contributed by atoms with Crippen LogP contribution >= 0.6 is 0 Å². The molecule has 2 atom stereocenters. The molecule has 2 unspecified atom stereocenters. The Balaban J connectivity index is 1.65. The molecule has 1 aliphatic carbocycles. The Morgan fingerprint density at radius 2 is 2.08 bits per heavy atom. The molecule has 1 aromatic rings. The zero-order valence-corrected chi connectivity index (χ0v) is 14.9. The maximum Gasteiger partial charge on any atom is 0.252 e. The molecule has 0 radical (unpaired) electrons. The highest BCUT2D eigenvalue weighted by Gasteiger charge is 2.33. The van der Waals surface area contributed by atoms with Crippen molar-refractivity contribution >= 4 is 5.91 Å². The maximum absolute atomic E-state index is 13.0. The van der Waals surface area contributed by atoms with Gasteiger partial charge in [-0.2, -0.15) is 0 Å². The minimum absolute atomic E-state index is 0.0218. The molecule has 6 nitrogen and oxygen atoms in total. The van der Waals surface area contributed by atoms with E-state index in [0.29, 0.717) is 6.54 Å². The Bertz CT molecular complexity index is 537. The molecule has 0 aromatic carbocycles. The molecule has 0 spiro atoms. The van der Waals surface area contributed by atoms with Crippen molar-refractivity contribution in [3.63, 3.8) is 0 Å². The van der Waals surface area contributed by atoms with Gasteiger partial charge in [-0.15, -0.1) is 0 Å². The topological polar surface area (TPSA) is 59.4 Å². The van der Waals surface area contributed by atoms with E-state index in [9.17, 15) is 4.79 Å². The van der Waals surface area contributed by atoms with Crippen molar-refractivity contribution in [3.05, 3.63) is 18.2 Å². The summed E-state index contributed by atoms with van der Waals surface area (Å²) < 4.78 is 8.14. The molecule has 3 rings (SSSR count). The Kier molecular flexibility index (Phi) is 5.89. The molecule has 24 heavy (non-hydrogen) atoms. The summed E-state index contributed by atoms with van der Waals surface area (Å²) in [4.78, 5) is 19.4. The molecule has 2 aliphatic rings. The van der Waals surface area contributed by atoms with E-state index in [1.54, 1.807) is 6.20 Å². The number of ether oxygens (including phenoxy) is 1. The van der Waals surface area contributed by atoms with Gasteiger partial charge in [-0.1, -0.05) is 25.7 Å². The highest BCUT2D eigenvalue weighted by molar-refractivity contribution is 5.81. The molecule has 2 fully saturated rings. The quantitative estimate of drug-likeness (QED) is 0.856. The fourth-order valence-electron chi connectivity index (χ4n) is 3.86. The van der Waals surface area contributed by atoms with Crippen molar-refractivity contribution in [2.75, 3.05) is 19.6 Å². The van der Waals surface area contributed by atoms with Crippen LogP contribution in [-0.2, 0) is 16.6 Å². The van der Waals surface area contributed by atoms with Crippen LogP contribution in [0, 0.1) is 0 Å². The molecular formula is C18H30N4O2. The first-order valence-electron chi connectivity index (χ1n) is 9.30. The number of rotatable bonds is 4. The Morgan fingerprint density at radius 3 is 2.75 bits per heavy atom. The minimum atomic E-state index is -0.381. The van der Waals surface area contributed by atoms with Crippen molar-refractivity contribution < 1.29 is 9.53 Å². The summed E-state index contributed by atoms with van der Waals surface area (Å²) >= 11 is 0. The number of nitrogens with one attached hydrogen (secondary N) is 1. The summed E-state index contributed by atoms with van der Waals surface area (Å²) in [6, 6.07) is -0.0218. The van der Waals surface area contributed by atoms with Crippen LogP contribution in [0.4, 0.5) is 0 Å². The minimum Gasteiger partial charge on any atom is -0.365 e. The van der Waals surface area contributed by atoms with Crippen LogP contribution < -0.4 is 5.32 Å². The summed E-state index contributed by atoms with van der Waals surface area (Å²) in [5.41, 5.74) is 0. The summed E-state index contributed by atoms with van der Waals surface area (Å²) in [5.74, 6) is 1.02. The van der Waals surface area contributed by atoms with E-state index in [1.807, 2.05) is 29.6 Å². The van der Waals surface area contributed by atoms with E-state index >= 15 is 0 Å². The number of hydrogen-bond acceptors (Lipinski definition) is 4. The number of aromatic nitrogens is 2. The van der Waals surface area contributed by atoms with Crippen molar-refractivity contribution in [2.24, 2.45) is 7.05 Å². The molecule has 1 saturated carbocycles. The zero-order chi connectivity index (χ0) is 16.9. The lowest BCUT2D eigenvalue weighted by atomic mass is 10.1. The lowest BCUT2D eigenvalue weighted by Gasteiger charge is -2.37. The van der Waals surface area contributed by atoms with Crippen molar-refractivity contribution in [2.45, 2.75) is 63.7 Å². The highest BCUT2D eigenvalue weighted by atomic mass is 16.5. The third-order valence-electron chi connectivity index (χ3n) is 5.23. The van der Waals surface area contributed by atoms with Crippen LogP contribution in [0.1, 0.15) is 57.3 Å². The van der Waals surface area contributed by atoms with Crippen molar-refractivity contribution in [3.8, 4) is 0 Å². The molecule has 1 N–H and O–H groups in total. The second kappa shape index (κ2) is 8.12. The average Bonchev–Trinajstić information content (AvgIpc) is 2.86. The van der Waals surface area contributed by atoms with Gasteiger partial charge < -0.3 is 19.5 Å². The van der Waals surface area contributed by atoms with Gasteiger partial charge in [0.25, 0.3) is 5.91 Å². The summed E-state index contributed by atoms with van der Waals surface area (Å²) in [6.45, 7) is 4.18. The molecule has 1 aliphatic heterocycles. The van der Waals surface area contributed by atoms with Crippen molar-refractivity contribution in [1.82, 2.24) is 19.8 Å². The monoisotopic (exact) mass is 334 g/mol. The Hall–Kier alpha value is -1.40. The largest absolute Gasteiger partial charge is 0.365 e. The standard InChI is InChI=1S/C18H30N4O2/c1-14(24-15-7-5-3-4-6-8-15)18(23)22-12-9-19-13-16(22)17-20-10-11-21(17)2/h10-11,14-16,19H,3-9,12-13H2,1-2H3. The number of nitrogens with zero attached hydrogens (tertiary/aromatic N) is 3. The van der Waals surface area contributed by atoms with Crippen LogP contribution in [0.3, 0.4) is 0 Å². The number of amides is 1. The van der Waals surface area contributed by atoms with E-state index in [4.69, 9.17) is 4.74 Å². The predicted molar refractivity (Wildman–Crippen MR) is 92.6 cm³/mol. The van der Waals surface area contributed by atoms with E-state index in [-0.39, 0.29) is 24.2 Å². The van der Waals surface area contributed by atoms with Crippen LogP contribution in [0.5, 0.6) is 0 Å². The van der Waals surface area contributed by atoms with Gasteiger partial charge in [-0.05, 0) is 19.8 Å². The highest BCUT2D eigenvalue weighted by Crippen LogP contribution is 2.24. The average molecular weight is 334 g/mol. The van der Waals surface area contributed by atoms with Gasteiger partial charge in [0.15, 0.2) is 0 Å². The van der Waals surface area contributed by atoms with Crippen LogP contribution in [0.25, 0.3) is 0 Å². The maximum atomic E-state index is 13.0. The van der Waals surface area contributed by atoms with Gasteiger partial charge in [-0.25, -0.2) is 4.98 Å². The first-order chi connectivity index (χ1) is 11.7. The fourth-order valence-corrected chi connectivity index (χ4v) is 3.86. The predicted octanol–water partition coefficient (Wildman–Crippen LogP) is 2.02. The van der Waals surface area contributed by atoms with Crippen molar-refractivity contribution in [1.29, 1.82) is 0 Å². The Morgan fingerprint density at radius 1 is 1.33 bits per heavy atom.